The number of piperidine rings is 1. The molecule has 0 aromatic carbocycles. The number of carboxylic acids is 1. The Labute approximate surface area is 175 Å². The molecular weight excluding hydrogens is 403 g/mol. The number of pyridine rings is 1. The third kappa shape index (κ3) is 6.80. The van der Waals surface area contributed by atoms with Crippen molar-refractivity contribution in [2.45, 2.75) is 32.1 Å². The van der Waals surface area contributed by atoms with Gasteiger partial charge in [-0.2, -0.15) is 0 Å². The first kappa shape index (κ1) is 22.2. The lowest BCUT2D eigenvalue weighted by Crippen LogP contribution is -2.34. The molecule has 1 aliphatic heterocycles. The van der Waals surface area contributed by atoms with E-state index in [2.05, 4.69) is 19.9 Å². The summed E-state index contributed by atoms with van der Waals surface area (Å²) < 4.78 is 5.66. The van der Waals surface area contributed by atoms with Crippen LogP contribution in [0, 0.1) is 5.92 Å². The van der Waals surface area contributed by atoms with Gasteiger partial charge in [0.05, 0.1) is 30.4 Å². The summed E-state index contributed by atoms with van der Waals surface area (Å²) in [5.41, 5.74) is 0.672. The first-order chi connectivity index (χ1) is 13.1. The Hall–Kier alpha value is -2.12. The van der Waals surface area contributed by atoms with Crippen LogP contribution in [0.1, 0.15) is 31.2 Å². The number of aromatic nitrogens is 3. The Morgan fingerprint density at radius 2 is 1.89 bits per heavy atom. The van der Waals surface area contributed by atoms with Crippen LogP contribution in [0.2, 0.25) is 5.02 Å². The molecule has 3 rings (SSSR count). The van der Waals surface area contributed by atoms with E-state index in [1.165, 1.54) is 0 Å². The smallest absolute Gasteiger partial charge is 0.307 e. The molecule has 0 bridgehead atoms. The molecule has 0 amide bonds. The molecule has 1 fully saturated rings. The van der Waals surface area contributed by atoms with E-state index in [1.807, 2.05) is 0 Å². The molecule has 0 atom stereocenters. The average molecular weight is 427 g/mol. The maximum Gasteiger partial charge on any atom is 0.307 e. The van der Waals surface area contributed by atoms with Gasteiger partial charge in [0.25, 0.3) is 0 Å². The lowest BCUT2D eigenvalue weighted by atomic mass is 9.92. The summed E-state index contributed by atoms with van der Waals surface area (Å²) in [6.07, 6.45) is 9.13. The number of halogens is 2. The number of anilines is 1. The normalized spacial score (nSPS) is 14.4. The SMILES string of the molecule is Cl.O=C(O)Cc1ccc(OCCCC2CCN(c3ncc(Cl)cn3)CC2)nc1. The zero-order valence-electron chi connectivity index (χ0n) is 15.5. The van der Waals surface area contributed by atoms with Crippen LogP contribution in [-0.2, 0) is 11.2 Å². The Morgan fingerprint density at radius 3 is 2.50 bits per heavy atom. The third-order valence-corrected chi connectivity index (χ3v) is 4.86. The minimum absolute atomic E-state index is 0. The second kappa shape index (κ2) is 11.0. The largest absolute Gasteiger partial charge is 0.481 e. The number of ether oxygens (including phenoxy) is 1. The van der Waals surface area contributed by atoms with Crippen LogP contribution < -0.4 is 9.64 Å². The van der Waals surface area contributed by atoms with E-state index < -0.39 is 5.97 Å². The van der Waals surface area contributed by atoms with E-state index in [9.17, 15) is 4.79 Å². The summed E-state index contributed by atoms with van der Waals surface area (Å²) in [5, 5.41) is 9.31. The lowest BCUT2D eigenvalue weighted by molar-refractivity contribution is -0.136. The van der Waals surface area contributed by atoms with Gasteiger partial charge in [-0.3, -0.25) is 4.79 Å². The minimum atomic E-state index is -0.862. The number of hydrogen-bond acceptors (Lipinski definition) is 6. The van der Waals surface area contributed by atoms with Gasteiger partial charge in [0.1, 0.15) is 0 Å². The zero-order valence-corrected chi connectivity index (χ0v) is 17.0. The van der Waals surface area contributed by atoms with Crippen molar-refractivity contribution in [2.24, 2.45) is 5.92 Å². The van der Waals surface area contributed by atoms with Crippen molar-refractivity contribution >= 4 is 35.9 Å². The highest BCUT2D eigenvalue weighted by atomic mass is 35.5. The topological polar surface area (TPSA) is 88.4 Å². The van der Waals surface area contributed by atoms with Crippen LogP contribution in [0.5, 0.6) is 5.88 Å². The van der Waals surface area contributed by atoms with Crippen LogP contribution in [0.4, 0.5) is 5.95 Å². The van der Waals surface area contributed by atoms with Crippen LogP contribution in [0.15, 0.2) is 30.7 Å². The van der Waals surface area contributed by atoms with Crippen molar-refractivity contribution in [3.8, 4) is 5.88 Å². The van der Waals surface area contributed by atoms with E-state index in [4.69, 9.17) is 21.4 Å². The minimum Gasteiger partial charge on any atom is -0.481 e. The predicted molar refractivity (Wildman–Crippen MR) is 110 cm³/mol. The van der Waals surface area contributed by atoms with Crippen LogP contribution >= 0.6 is 24.0 Å². The molecule has 7 nitrogen and oxygen atoms in total. The van der Waals surface area contributed by atoms with Gasteiger partial charge >= 0.3 is 5.97 Å². The summed E-state index contributed by atoms with van der Waals surface area (Å²) in [4.78, 5) is 25.6. The molecule has 9 heteroatoms. The maximum atomic E-state index is 10.7. The monoisotopic (exact) mass is 426 g/mol. The van der Waals surface area contributed by atoms with Crippen molar-refractivity contribution in [2.75, 3.05) is 24.6 Å². The van der Waals surface area contributed by atoms with Crippen LogP contribution in [0.25, 0.3) is 0 Å². The first-order valence-electron chi connectivity index (χ1n) is 9.12. The number of carboxylic acid groups (broad SMARTS) is 1. The molecule has 28 heavy (non-hydrogen) atoms. The molecule has 0 spiro atoms. The summed E-state index contributed by atoms with van der Waals surface area (Å²) in [6.45, 7) is 2.53. The zero-order chi connectivity index (χ0) is 19.1. The Balaban J connectivity index is 0.00000280. The van der Waals surface area contributed by atoms with Gasteiger partial charge in [-0.15, -0.1) is 12.4 Å². The van der Waals surface area contributed by atoms with Gasteiger partial charge in [-0.25, -0.2) is 15.0 Å². The van der Waals surface area contributed by atoms with E-state index in [0.717, 1.165) is 44.7 Å². The standard InChI is InChI=1S/C19H23ClN4O3.ClH/c20-16-12-22-19(23-13-16)24-7-5-14(6-8-24)2-1-9-27-17-4-3-15(11-21-17)10-18(25)26;/h3-4,11-14H,1-2,5-10H2,(H,25,26);1H. The average Bonchev–Trinajstić information content (AvgIpc) is 2.67. The van der Waals surface area contributed by atoms with E-state index in [-0.39, 0.29) is 18.8 Å². The quantitative estimate of drug-likeness (QED) is 0.644. The Morgan fingerprint density at radius 1 is 1.18 bits per heavy atom. The van der Waals surface area contributed by atoms with E-state index in [1.54, 1.807) is 30.7 Å². The molecule has 1 aliphatic rings. The summed E-state index contributed by atoms with van der Waals surface area (Å²) in [6, 6.07) is 3.47. The maximum absolute atomic E-state index is 10.7. The van der Waals surface area contributed by atoms with Crippen LogP contribution in [0.3, 0.4) is 0 Å². The molecule has 0 aliphatic carbocycles. The fourth-order valence-corrected chi connectivity index (χ4v) is 3.31. The van der Waals surface area contributed by atoms with E-state index in [0.29, 0.717) is 29.0 Å². The molecule has 2 aromatic rings. The number of rotatable bonds is 8. The summed E-state index contributed by atoms with van der Waals surface area (Å²) >= 11 is 5.83. The highest BCUT2D eigenvalue weighted by Crippen LogP contribution is 2.24. The number of nitrogens with zero attached hydrogens (tertiary/aromatic N) is 4. The summed E-state index contributed by atoms with van der Waals surface area (Å²) in [7, 11) is 0. The fraction of sp³-hybridized carbons (Fsp3) is 0.474. The molecule has 0 radical (unpaired) electrons. The van der Waals surface area contributed by atoms with Gasteiger partial charge in [0, 0.05) is 25.4 Å². The van der Waals surface area contributed by atoms with Gasteiger partial charge < -0.3 is 14.7 Å². The molecule has 3 heterocycles. The molecule has 0 saturated carbocycles. The van der Waals surface area contributed by atoms with Crippen LogP contribution in [-0.4, -0.2) is 45.7 Å². The second-order valence-electron chi connectivity index (χ2n) is 6.70. The Kier molecular flexibility index (Phi) is 8.73. The number of aliphatic carboxylic acids is 1. The first-order valence-corrected chi connectivity index (χ1v) is 9.50. The van der Waals surface area contributed by atoms with Crippen molar-refractivity contribution in [3.63, 3.8) is 0 Å². The molecule has 2 aromatic heterocycles. The van der Waals surface area contributed by atoms with E-state index >= 15 is 0 Å². The van der Waals surface area contributed by atoms with Crippen molar-refractivity contribution in [3.05, 3.63) is 41.3 Å². The molecule has 152 valence electrons. The highest BCUT2D eigenvalue weighted by Gasteiger charge is 2.20. The third-order valence-electron chi connectivity index (χ3n) is 4.66. The van der Waals surface area contributed by atoms with Crippen molar-refractivity contribution in [1.29, 1.82) is 0 Å². The molecule has 1 saturated heterocycles. The molecule has 1 N–H and O–H groups in total. The van der Waals surface area contributed by atoms with Crippen molar-refractivity contribution in [1.82, 2.24) is 15.0 Å². The molecule has 0 unspecified atom stereocenters. The highest BCUT2D eigenvalue weighted by molar-refractivity contribution is 6.30. The lowest BCUT2D eigenvalue weighted by Gasteiger charge is -2.31. The predicted octanol–water partition coefficient (Wildman–Crippen LogP) is 3.65. The Bertz CT molecular complexity index is 736. The molecular formula is C19H24Cl2N4O3. The van der Waals surface area contributed by atoms with Crippen molar-refractivity contribution < 1.29 is 14.6 Å². The number of carbonyl (C=O) groups is 1. The second-order valence-corrected chi connectivity index (χ2v) is 7.13. The van der Waals surface area contributed by atoms with Gasteiger partial charge in [-0.1, -0.05) is 17.7 Å². The fourth-order valence-electron chi connectivity index (χ4n) is 3.21. The number of hydrogen-bond donors (Lipinski definition) is 1. The summed E-state index contributed by atoms with van der Waals surface area (Å²) in [5.74, 6) is 1.11. The van der Waals surface area contributed by atoms with Gasteiger partial charge in [-0.05, 0) is 37.2 Å². The van der Waals surface area contributed by atoms with Gasteiger partial charge in [0.2, 0.25) is 11.8 Å². The van der Waals surface area contributed by atoms with Gasteiger partial charge in [0.15, 0.2) is 0 Å².